The molecule has 0 aromatic carbocycles. The second-order valence-electron chi connectivity index (χ2n) is 3.46. The Bertz CT molecular complexity index is 122. The van der Waals surface area contributed by atoms with Crippen LogP contribution in [-0.4, -0.2) is 19.0 Å². The molecule has 0 aromatic rings. The van der Waals surface area contributed by atoms with E-state index >= 15 is 0 Å². The van der Waals surface area contributed by atoms with Crippen LogP contribution in [0.3, 0.4) is 0 Å². The Hall–Kier alpha value is -0.180. The highest BCUT2D eigenvalue weighted by Crippen LogP contribution is 2.30. The lowest BCUT2D eigenvalue weighted by molar-refractivity contribution is 0.0709. The normalized spacial score (nSPS) is 22.0. The average Bonchev–Trinajstić information content (AvgIpc) is 2.51. The summed E-state index contributed by atoms with van der Waals surface area (Å²) in [7, 11) is 0. The monoisotopic (exact) mass is 177 g/mol. The van der Waals surface area contributed by atoms with Crippen molar-refractivity contribution in [1.29, 1.82) is 0 Å². The van der Waals surface area contributed by atoms with Gasteiger partial charge in [0.05, 0.1) is 6.04 Å². The van der Waals surface area contributed by atoms with E-state index in [2.05, 4.69) is 5.32 Å². The molecular weight excluding hydrogens is 160 g/mol. The summed E-state index contributed by atoms with van der Waals surface area (Å²) in [5.41, 5.74) is 0. The highest BCUT2D eigenvalue weighted by Gasteiger charge is 2.30. The van der Waals surface area contributed by atoms with E-state index in [0.29, 0.717) is 6.54 Å². The van der Waals surface area contributed by atoms with Gasteiger partial charge in [0.1, 0.15) is 0 Å². The summed E-state index contributed by atoms with van der Waals surface area (Å²) in [6.07, 6.45) is 2.00. The van der Waals surface area contributed by atoms with E-state index in [4.69, 9.17) is 0 Å². The number of halogens is 2. The van der Waals surface area contributed by atoms with Crippen LogP contribution in [0.25, 0.3) is 0 Å². The van der Waals surface area contributed by atoms with E-state index in [1.165, 1.54) is 0 Å². The molecule has 0 spiro atoms. The number of rotatable bonds is 4. The van der Waals surface area contributed by atoms with Crippen LogP contribution in [0.15, 0.2) is 0 Å². The van der Waals surface area contributed by atoms with Crippen molar-refractivity contribution in [3.05, 3.63) is 0 Å². The fourth-order valence-corrected chi connectivity index (χ4v) is 2.01. The quantitative estimate of drug-likeness (QED) is 0.695. The standard InChI is InChI=1S/C9H17F2N/c1-2-12-8(9(10)11)7-5-3-4-6-7/h7-9,12H,2-6H2,1H3. The summed E-state index contributed by atoms with van der Waals surface area (Å²) in [6.45, 7) is 2.52. The van der Waals surface area contributed by atoms with Gasteiger partial charge >= 0.3 is 0 Å². The Morgan fingerprint density at radius 2 is 1.92 bits per heavy atom. The van der Waals surface area contributed by atoms with Crippen molar-refractivity contribution in [2.45, 2.75) is 45.1 Å². The first-order valence-corrected chi connectivity index (χ1v) is 4.77. The first-order chi connectivity index (χ1) is 5.75. The zero-order valence-corrected chi connectivity index (χ0v) is 7.52. The molecule has 1 N–H and O–H groups in total. The van der Waals surface area contributed by atoms with Gasteiger partial charge in [-0.05, 0) is 25.3 Å². The van der Waals surface area contributed by atoms with E-state index in [1.807, 2.05) is 6.92 Å². The molecule has 3 heteroatoms. The molecule has 1 aliphatic carbocycles. The zero-order chi connectivity index (χ0) is 8.97. The van der Waals surface area contributed by atoms with Crippen molar-refractivity contribution in [3.63, 3.8) is 0 Å². The molecule has 1 rings (SSSR count). The van der Waals surface area contributed by atoms with Crippen molar-refractivity contribution in [2.24, 2.45) is 5.92 Å². The summed E-state index contributed by atoms with van der Waals surface area (Å²) >= 11 is 0. The molecule has 1 fully saturated rings. The van der Waals surface area contributed by atoms with Gasteiger partial charge in [0.15, 0.2) is 0 Å². The number of hydrogen-bond acceptors (Lipinski definition) is 1. The lowest BCUT2D eigenvalue weighted by atomic mass is 9.98. The van der Waals surface area contributed by atoms with Crippen molar-refractivity contribution < 1.29 is 8.78 Å². The van der Waals surface area contributed by atoms with Gasteiger partial charge in [0.25, 0.3) is 6.43 Å². The van der Waals surface area contributed by atoms with Gasteiger partial charge < -0.3 is 5.32 Å². The maximum atomic E-state index is 12.5. The zero-order valence-electron chi connectivity index (χ0n) is 7.52. The van der Waals surface area contributed by atoms with Gasteiger partial charge in [-0.25, -0.2) is 8.78 Å². The van der Waals surface area contributed by atoms with Crippen LogP contribution in [0, 0.1) is 5.92 Å². The molecule has 0 radical (unpaired) electrons. The first-order valence-electron chi connectivity index (χ1n) is 4.77. The lowest BCUT2D eigenvalue weighted by Gasteiger charge is -2.22. The third-order valence-electron chi connectivity index (χ3n) is 2.62. The Morgan fingerprint density at radius 1 is 1.33 bits per heavy atom. The smallest absolute Gasteiger partial charge is 0.253 e. The van der Waals surface area contributed by atoms with Crippen LogP contribution in [0.1, 0.15) is 32.6 Å². The molecule has 1 saturated carbocycles. The number of nitrogens with one attached hydrogen (secondary N) is 1. The molecular formula is C9H17F2N. The highest BCUT2D eigenvalue weighted by atomic mass is 19.3. The Labute approximate surface area is 72.5 Å². The molecule has 0 heterocycles. The molecule has 0 amide bonds. The van der Waals surface area contributed by atoms with Gasteiger partial charge in [-0.15, -0.1) is 0 Å². The lowest BCUT2D eigenvalue weighted by Crippen LogP contribution is -2.40. The Balaban J connectivity index is 2.40. The van der Waals surface area contributed by atoms with Crippen LogP contribution in [0.4, 0.5) is 8.78 Å². The van der Waals surface area contributed by atoms with Gasteiger partial charge in [0, 0.05) is 0 Å². The fourth-order valence-electron chi connectivity index (χ4n) is 2.01. The molecule has 0 bridgehead atoms. The van der Waals surface area contributed by atoms with E-state index in [-0.39, 0.29) is 5.92 Å². The minimum atomic E-state index is -2.20. The minimum Gasteiger partial charge on any atom is -0.309 e. The van der Waals surface area contributed by atoms with Crippen LogP contribution in [0.5, 0.6) is 0 Å². The van der Waals surface area contributed by atoms with Crippen LogP contribution in [0.2, 0.25) is 0 Å². The van der Waals surface area contributed by atoms with Gasteiger partial charge in [0.2, 0.25) is 0 Å². The Morgan fingerprint density at radius 3 is 2.33 bits per heavy atom. The molecule has 0 saturated heterocycles. The first kappa shape index (κ1) is 9.90. The topological polar surface area (TPSA) is 12.0 Å². The number of hydrogen-bond donors (Lipinski definition) is 1. The molecule has 0 aromatic heterocycles. The second-order valence-corrected chi connectivity index (χ2v) is 3.46. The molecule has 72 valence electrons. The average molecular weight is 177 g/mol. The summed E-state index contributed by atoms with van der Waals surface area (Å²) < 4.78 is 25.0. The van der Waals surface area contributed by atoms with Gasteiger partial charge in [-0.3, -0.25) is 0 Å². The van der Waals surface area contributed by atoms with E-state index < -0.39 is 12.5 Å². The Kier molecular flexibility index (Phi) is 3.92. The summed E-state index contributed by atoms with van der Waals surface area (Å²) in [4.78, 5) is 0. The van der Waals surface area contributed by atoms with Crippen molar-refractivity contribution in [3.8, 4) is 0 Å². The highest BCUT2D eigenvalue weighted by molar-refractivity contribution is 4.81. The third-order valence-corrected chi connectivity index (χ3v) is 2.62. The van der Waals surface area contributed by atoms with Gasteiger partial charge in [-0.1, -0.05) is 19.8 Å². The summed E-state index contributed by atoms with van der Waals surface area (Å²) in [5.74, 6) is 0.213. The largest absolute Gasteiger partial charge is 0.309 e. The van der Waals surface area contributed by atoms with Crippen LogP contribution in [-0.2, 0) is 0 Å². The maximum absolute atomic E-state index is 12.5. The summed E-state index contributed by atoms with van der Waals surface area (Å²) in [6, 6.07) is -0.558. The van der Waals surface area contributed by atoms with E-state index in [1.54, 1.807) is 0 Å². The maximum Gasteiger partial charge on any atom is 0.253 e. The molecule has 1 atom stereocenters. The fraction of sp³-hybridized carbons (Fsp3) is 1.00. The molecule has 1 aliphatic rings. The predicted molar refractivity (Wildman–Crippen MR) is 45.4 cm³/mol. The van der Waals surface area contributed by atoms with Crippen molar-refractivity contribution in [2.75, 3.05) is 6.54 Å². The molecule has 1 nitrogen and oxygen atoms in total. The minimum absolute atomic E-state index is 0.213. The molecule has 0 aliphatic heterocycles. The predicted octanol–water partition coefficient (Wildman–Crippen LogP) is 2.42. The van der Waals surface area contributed by atoms with E-state index in [9.17, 15) is 8.78 Å². The van der Waals surface area contributed by atoms with E-state index in [0.717, 1.165) is 25.7 Å². The van der Waals surface area contributed by atoms with Crippen molar-refractivity contribution >= 4 is 0 Å². The van der Waals surface area contributed by atoms with Crippen LogP contribution >= 0.6 is 0 Å². The molecule has 12 heavy (non-hydrogen) atoms. The SMILES string of the molecule is CCNC(C(F)F)C1CCCC1. The third kappa shape index (κ3) is 2.41. The van der Waals surface area contributed by atoms with Gasteiger partial charge in [-0.2, -0.15) is 0 Å². The molecule has 1 unspecified atom stereocenters. The number of alkyl halides is 2. The second kappa shape index (κ2) is 4.75. The summed E-state index contributed by atoms with van der Waals surface area (Å²) in [5, 5.41) is 2.87. The van der Waals surface area contributed by atoms with Crippen molar-refractivity contribution in [1.82, 2.24) is 5.32 Å². The van der Waals surface area contributed by atoms with Crippen LogP contribution < -0.4 is 5.32 Å².